The van der Waals surface area contributed by atoms with Crippen molar-refractivity contribution >= 4 is 28.9 Å². The first-order chi connectivity index (χ1) is 20.5. The number of carbonyl (C=O) groups is 2. The minimum atomic E-state index is -1.34. The average molecular weight is 563 g/mol. The molecule has 42 heavy (non-hydrogen) atoms. The Labute approximate surface area is 245 Å². The van der Waals surface area contributed by atoms with Gasteiger partial charge in [0.05, 0.1) is 17.6 Å². The van der Waals surface area contributed by atoms with Gasteiger partial charge < -0.3 is 19.7 Å². The van der Waals surface area contributed by atoms with Gasteiger partial charge in [-0.05, 0) is 47.4 Å². The van der Waals surface area contributed by atoms with E-state index in [0.29, 0.717) is 24.4 Å². The SMILES string of the molecule is CCCCc1nc2ccc(N(Cc3ccccc3)C(=O)NC)cc2n1Cc1ccc(-c2ccccc2OC(=O)O)cc1. The number of rotatable bonds is 10. The van der Waals surface area contributed by atoms with Crippen LogP contribution in [0.25, 0.3) is 22.2 Å². The number of nitrogens with one attached hydrogen (secondary N) is 1. The van der Waals surface area contributed by atoms with Crippen LogP contribution in [-0.2, 0) is 19.5 Å². The van der Waals surface area contributed by atoms with E-state index in [1.54, 1.807) is 24.1 Å². The number of hydrogen-bond donors (Lipinski definition) is 2. The Morgan fingerprint density at radius 2 is 1.67 bits per heavy atom. The molecule has 4 aromatic carbocycles. The zero-order valence-electron chi connectivity index (χ0n) is 23.8. The second kappa shape index (κ2) is 13.0. The number of carboxylic acid groups (broad SMARTS) is 1. The van der Waals surface area contributed by atoms with Gasteiger partial charge in [0, 0.05) is 31.3 Å². The predicted molar refractivity (Wildman–Crippen MR) is 165 cm³/mol. The monoisotopic (exact) mass is 562 g/mol. The Morgan fingerprint density at radius 3 is 2.38 bits per heavy atom. The van der Waals surface area contributed by atoms with Gasteiger partial charge in [-0.1, -0.05) is 86.1 Å². The second-order valence-electron chi connectivity index (χ2n) is 10.1. The smallest absolute Gasteiger partial charge is 0.449 e. The van der Waals surface area contributed by atoms with Crippen LogP contribution in [0, 0.1) is 0 Å². The molecule has 214 valence electrons. The van der Waals surface area contributed by atoms with Crippen LogP contribution in [0.1, 0.15) is 36.7 Å². The van der Waals surface area contributed by atoms with Crippen LogP contribution in [0.4, 0.5) is 15.3 Å². The molecule has 8 nitrogen and oxygen atoms in total. The van der Waals surface area contributed by atoms with Gasteiger partial charge in [0.1, 0.15) is 11.6 Å². The molecule has 0 aliphatic carbocycles. The van der Waals surface area contributed by atoms with Crippen LogP contribution in [-0.4, -0.2) is 33.9 Å². The van der Waals surface area contributed by atoms with Crippen LogP contribution in [0.3, 0.4) is 0 Å². The number of anilines is 1. The fourth-order valence-electron chi connectivity index (χ4n) is 5.07. The average Bonchev–Trinajstić information content (AvgIpc) is 3.35. The largest absolute Gasteiger partial charge is 0.511 e. The number of para-hydroxylation sites is 1. The zero-order valence-corrected chi connectivity index (χ0v) is 23.8. The van der Waals surface area contributed by atoms with Gasteiger partial charge in [-0.2, -0.15) is 0 Å². The summed E-state index contributed by atoms with van der Waals surface area (Å²) in [7, 11) is 1.64. The molecule has 0 unspecified atom stereocenters. The molecule has 0 saturated heterocycles. The molecule has 8 heteroatoms. The summed E-state index contributed by atoms with van der Waals surface area (Å²) in [5, 5.41) is 11.9. The van der Waals surface area contributed by atoms with E-state index in [-0.39, 0.29) is 6.03 Å². The summed E-state index contributed by atoms with van der Waals surface area (Å²) in [4.78, 5) is 30.8. The molecule has 0 radical (unpaired) electrons. The summed E-state index contributed by atoms with van der Waals surface area (Å²) < 4.78 is 7.21. The molecule has 0 aliphatic rings. The molecule has 2 amide bonds. The van der Waals surface area contributed by atoms with E-state index in [0.717, 1.165) is 58.5 Å². The first-order valence-electron chi connectivity index (χ1n) is 14.1. The molecule has 2 N–H and O–H groups in total. The molecule has 0 aliphatic heterocycles. The second-order valence-corrected chi connectivity index (χ2v) is 10.1. The third kappa shape index (κ3) is 6.44. The maximum atomic E-state index is 13.0. The molecule has 0 fully saturated rings. The van der Waals surface area contributed by atoms with Crippen molar-refractivity contribution in [2.75, 3.05) is 11.9 Å². The number of unbranched alkanes of at least 4 members (excludes halogenated alkanes) is 1. The number of nitrogens with zero attached hydrogens (tertiary/aromatic N) is 3. The zero-order chi connectivity index (χ0) is 29.5. The number of fused-ring (bicyclic) bond motifs is 1. The van der Waals surface area contributed by atoms with E-state index in [2.05, 4.69) is 16.8 Å². The van der Waals surface area contributed by atoms with Crippen LogP contribution in [0.2, 0.25) is 0 Å². The van der Waals surface area contributed by atoms with Crippen molar-refractivity contribution in [1.82, 2.24) is 14.9 Å². The summed E-state index contributed by atoms with van der Waals surface area (Å²) in [5.41, 5.74) is 6.32. The van der Waals surface area contributed by atoms with Gasteiger partial charge in [-0.3, -0.25) is 4.90 Å². The number of urea groups is 1. The number of ether oxygens (including phenoxy) is 1. The van der Waals surface area contributed by atoms with Crippen LogP contribution in [0.15, 0.2) is 97.1 Å². The van der Waals surface area contributed by atoms with Crippen molar-refractivity contribution in [3.8, 4) is 16.9 Å². The summed E-state index contributed by atoms with van der Waals surface area (Å²) in [5.74, 6) is 1.30. The van der Waals surface area contributed by atoms with E-state index in [1.807, 2.05) is 84.9 Å². The van der Waals surface area contributed by atoms with Gasteiger partial charge in [0.25, 0.3) is 0 Å². The standard InChI is InChI=1S/C34H34N4O4/c1-3-4-14-32-36-29-20-19-27(37(33(39)35-2)22-24-10-6-5-7-11-24)21-30(29)38(32)23-25-15-17-26(18-16-25)28-12-8-9-13-31(28)42-34(40)41/h5-13,15-21H,3-4,14,22-23H2,1-2H3,(H,35,39)(H,40,41). The van der Waals surface area contributed by atoms with E-state index < -0.39 is 6.16 Å². The Morgan fingerprint density at radius 1 is 0.929 bits per heavy atom. The Bertz CT molecular complexity index is 1680. The first kappa shape index (κ1) is 28.4. The number of benzene rings is 4. The lowest BCUT2D eigenvalue weighted by molar-refractivity contribution is 0.144. The molecular formula is C34H34N4O4. The fraction of sp³-hybridized carbons (Fsp3) is 0.206. The highest BCUT2D eigenvalue weighted by molar-refractivity contribution is 5.94. The lowest BCUT2D eigenvalue weighted by atomic mass is 10.0. The van der Waals surface area contributed by atoms with Crippen molar-refractivity contribution in [2.45, 2.75) is 39.3 Å². The van der Waals surface area contributed by atoms with Crippen LogP contribution < -0.4 is 15.0 Å². The topological polar surface area (TPSA) is 96.7 Å². The number of amides is 2. The third-order valence-electron chi connectivity index (χ3n) is 7.21. The molecular weight excluding hydrogens is 528 g/mol. The molecule has 0 atom stereocenters. The van der Waals surface area contributed by atoms with Crippen LogP contribution in [0.5, 0.6) is 5.75 Å². The van der Waals surface area contributed by atoms with Gasteiger partial charge in [-0.15, -0.1) is 0 Å². The Balaban J connectivity index is 1.49. The highest BCUT2D eigenvalue weighted by atomic mass is 16.7. The van der Waals surface area contributed by atoms with E-state index >= 15 is 0 Å². The summed E-state index contributed by atoms with van der Waals surface area (Å²) in [6.45, 7) is 3.21. The van der Waals surface area contributed by atoms with E-state index in [1.165, 1.54) is 0 Å². The molecule has 5 aromatic rings. The quantitative estimate of drug-likeness (QED) is 0.136. The predicted octanol–water partition coefficient (Wildman–Crippen LogP) is 7.50. The maximum absolute atomic E-state index is 13.0. The summed E-state index contributed by atoms with van der Waals surface area (Å²) >= 11 is 0. The molecule has 0 saturated carbocycles. The molecule has 1 heterocycles. The number of carbonyl (C=O) groups excluding carboxylic acids is 1. The summed E-state index contributed by atoms with van der Waals surface area (Å²) in [6, 6.07) is 30.8. The highest BCUT2D eigenvalue weighted by Gasteiger charge is 2.18. The first-order valence-corrected chi connectivity index (χ1v) is 14.1. The minimum Gasteiger partial charge on any atom is -0.449 e. The van der Waals surface area contributed by atoms with Gasteiger partial charge in [0.2, 0.25) is 0 Å². The Hall–Kier alpha value is -5.11. The van der Waals surface area contributed by atoms with Crippen molar-refractivity contribution < 1.29 is 19.4 Å². The summed E-state index contributed by atoms with van der Waals surface area (Å²) in [6.07, 6.45) is 1.58. The number of hydrogen-bond acceptors (Lipinski definition) is 4. The van der Waals surface area contributed by atoms with E-state index in [9.17, 15) is 9.59 Å². The van der Waals surface area contributed by atoms with E-state index in [4.69, 9.17) is 14.8 Å². The molecule has 1 aromatic heterocycles. The number of aryl methyl sites for hydroxylation is 1. The minimum absolute atomic E-state index is 0.182. The maximum Gasteiger partial charge on any atom is 0.511 e. The lowest BCUT2D eigenvalue weighted by Gasteiger charge is -2.23. The molecule has 0 bridgehead atoms. The Kier molecular flexibility index (Phi) is 8.82. The number of aromatic nitrogens is 2. The fourth-order valence-corrected chi connectivity index (χ4v) is 5.07. The molecule has 0 spiro atoms. The highest BCUT2D eigenvalue weighted by Crippen LogP contribution is 2.31. The lowest BCUT2D eigenvalue weighted by Crippen LogP contribution is -2.37. The van der Waals surface area contributed by atoms with Crippen molar-refractivity contribution in [1.29, 1.82) is 0 Å². The van der Waals surface area contributed by atoms with Gasteiger partial charge in [0.15, 0.2) is 0 Å². The molecule has 5 rings (SSSR count). The van der Waals surface area contributed by atoms with Crippen molar-refractivity contribution in [3.05, 3.63) is 114 Å². The normalized spacial score (nSPS) is 10.9. The van der Waals surface area contributed by atoms with Crippen molar-refractivity contribution in [3.63, 3.8) is 0 Å². The van der Waals surface area contributed by atoms with Gasteiger partial charge >= 0.3 is 12.2 Å². The third-order valence-corrected chi connectivity index (χ3v) is 7.21. The van der Waals surface area contributed by atoms with Gasteiger partial charge in [-0.25, -0.2) is 14.6 Å². The van der Waals surface area contributed by atoms with Crippen molar-refractivity contribution in [2.24, 2.45) is 0 Å². The van der Waals surface area contributed by atoms with Crippen LogP contribution >= 0.6 is 0 Å². The number of imidazole rings is 1.